The number of rotatable bonds is 2. The molecule has 0 amide bonds. The Labute approximate surface area is 163 Å². The summed E-state index contributed by atoms with van der Waals surface area (Å²) in [6.45, 7) is 0. The van der Waals surface area contributed by atoms with Crippen molar-refractivity contribution in [1.29, 1.82) is 0 Å². The molecule has 2 nitrogen and oxygen atoms in total. The van der Waals surface area contributed by atoms with E-state index < -0.39 is 0 Å². The Morgan fingerprint density at radius 2 is 1.50 bits per heavy atom. The molecule has 0 aliphatic heterocycles. The third kappa shape index (κ3) is 2.62. The highest BCUT2D eigenvalue weighted by Crippen LogP contribution is 2.39. The molecule has 0 fully saturated rings. The molecule has 0 aliphatic rings. The second kappa shape index (κ2) is 6.31. The van der Waals surface area contributed by atoms with Crippen LogP contribution in [0.2, 0.25) is 0 Å². The third-order valence-corrected chi connectivity index (χ3v) is 5.95. The van der Waals surface area contributed by atoms with Crippen LogP contribution in [0.5, 0.6) is 0 Å². The summed E-state index contributed by atoms with van der Waals surface area (Å²) in [6.07, 6.45) is 0. The number of thiophene rings is 1. The highest BCUT2D eigenvalue weighted by atomic mass is 79.9. The van der Waals surface area contributed by atoms with E-state index in [0.29, 0.717) is 0 Å². The van der Waals surface area contributed by atoms with Gasteiger partial charge in [-0.25, -0.2) is 9.97 Å². The molecule has 0 saturated carbocycles. The van der Waals surface area contributed by atoms with Crippen LogP contribution in [-0.4, -0.2) is 9.97 Å². The van der Waals surface area contributed by atoms with Gasteiger partial charge in [-0.2, -0.15) is 0 Å². The molecule has 5 rings (SSSR count). The van der Waals surface area contributed by atoms with Crippen molar-refractivity contribution in [2.75, 3.05) is 0 Å². The van der Waals surface area contributed by atoms with Crippen molar-refractivity contribution in [3.8, 4) is 22.6 Å². The van der Waals surface area contributed by atoms with Crippen LogP contribution in [0.3, 0.4) is 0 Å². The topological polar surface area (TPSA) is 25.8 Å². The Morgan fingerprint density at radius 1 is 0.731 bits per heavy atom. The molecule has 0 bridgehead atoms. The lowest BCUT2D eigenvalue weighted by molar-refractivity contribution is 1.15. The van der Waals surface area contributed by atoms with Crippen LogP contribution in [0.25, 0.3) is 42.8 Å². The summed E-state index contributed by atoms with van der Waals surface area (Å²) < 4.78 is 3.36. The summed E-state index contributed by atoms with van der Waals surface area (Å²) >= 11 is 5.38. The minimum Gasteiger partial charge on any atom is -0.228 e. The number of aromatic nitrogens is 2. The molecule has 26 heavy (non-hydrogen) atoms. The quantitative estimate of drug-likeness (QED) is 0.291. The number of benzene rings is 3. The second-order valence-corrected chi connectivity index (χ2v) is 7.94. The van der Waals surface area contributed by atoms with Gasteiger partial charge in [0.2, 0.25) is 0 Å². The van der Waals surface area contributed by atoms with Crippen molar-refractivity contribution in [3.05, 3.63) is 83.5 Å². The van der Waals surface area contributed by atoms with E-state index in [9.17, 15) is 0 Å². The molecule has 2 heterocycles. The SMILES string of the molecule is Brc1cc(-c2cccc3sc4ccccc4c23)nc(-c2ccccc2)n1. The fourth-order valence-electron chi connectivity index (χ4n) is 3.26. The first-order valence-corrected chi connectivity index (χ1v) is 9.91. The summed E-state index contributed by atoms with van der Waals surface area (Å²) in [7, 11) is 0. The zero-order valence-corrected chi connectivity index (χ0v) is 16.1. The van der Waals surface area contributed by atoms with E-state index in [2.05, 4.69) is 63.4 Å². The van der Waals surface area contributed by atoms with Gasteiger partial charge in [0.05, 0.1) is 5.69 Å². The van der Waals surface area contributed by atoms with Crippen LogP contribution in [0, 0.1) is 0 Å². The highest BCUT2D eigenvalue weighted by molar-refractivity contribution is 9.10. The van der Waals surface area contributed by atoms with Gasteiger partial charge in [0.15, 0.2) is 5.82 Å². The minimum atomic E-state index is 0.728. The average molecular weight is 417 g/mol. The Balaban J connectivity index is 1.80. The second-order valence-electron chi connectivity index (χ2n) is 6.04. The molecule has 124 valence electrons. The van der Waals surface area contributed by atoms with Gasteiger partial charge in [0.25, 0.3) is 0 Å². The molecule has 0 spiro atoms. The minimum absolute atomic E-state index is 0.728. The van der Waals surface area contributed by atoms with Gasteiger partial charge in [-0.15, -0.1) is 11.3 Å². The summed E-state index contributed by atoms with van der Waals surface area (Å²) in [5.41, 5.74) is 3.08. The monoisotopic (exact) mass is 416 g/mol. The average Bonchev–Trinajstić information content (AvgIpc) is 3.07. The molecular weight excluding hydrogens is 404 g/mol. The summed E-state index contributed by atoms with van der Waals surface area (Å²) in [4.78, 5) is 9.44. The molecule has 4 heteroatoms. The Bertz CT molecular complexity index is 1250. The van der Waals surface area contributed by atoms with Crippen LogP contribution < -0.4 is 0 Å². The number of hydrogen-bond acceptors (Lipinski definition) is 3. The maximum Gasteiger partial charge on any atom is 0.161 e. The first kappa shape index (κ1) is 15.7. The van der Waals surface area contributed by atoms with Gasteiger partial charge < -0.3 is 0 Å². The fraction of sp³-hybridized carbons (Fsp3) is 0. The zero-order valence-electron chi connectivity index (χ0n) is 13.7. The van der Waals surface area contributed by atoms with E-state index in [1.165, 1.54) is 20.2 Å². The Morgan fingerprint density at radius 3 is 2.38 bits per heavy atom. The predicted octanol–water partition coefficient (Wildman–Crippen LogP) is 6.94. The number of halogens is 1. The summed E-state index contributed by atoms with van der Waals surface area (Å²) in [5, 5.41) is 2.54. The molecule has 2 aromatic heterocycles. The maximum atomic E-state index is 4.87. The summed E-state index contributed by atoms with van der Waals surface area (Å²) in [6, 6.07) is 27.0. The van der Waals surface area contributed by atoms with Gasteiger partial charge in [-0.05, 0) is 34.1 Å². The van der Waals surface area contributed by atoms with E-state index in [1.807, 2.05) is 47.7 Å². The van der Waals surface area contributed by atoms with Crippen molar-refractivity contribution in [1.82, 2.24) is 9.97 Å². The fourth-order valence-corrected chi connectivity index (χ4v) is 4.78. The maximum absolute atomic E-state index is 4.87. The predicted molar refractivity (Wildman–Crippen MR) is 113 cm³/mol. The first-order valence-electron chi connectivity index (χ1n) is 8.30. The lowest BCUT2D eigenvalue weighted by Crippen LogP contribution is -1.93. The van der Waals surface area contributed by atoms with Crippen molar-refractivity contribution >= 4 is 47.4 Å². The van der Waals surface area contributed by atoms with Gasteiger partial charge in [-0.3, -0.25) is 0 Å². The lowest BCUT2D eigenvalue weighted by Gasteiger charge is -2.07. The van der Waals surface area contributed by atoms with E-state index in [0.717, 1.165) is 27.2 Å². The first-order chi connectivity index (χ1) is 12.8. The summed E-state index contributed by atoms with van der Waals surface area (Å²) in [5.74, 6) is 0.728. The normalized spacial score (nSPS) is 11.3. The molecule has 0 aliphatic carbocycles. The van der Waals surface area contributed by atoms with Crippen LogP contribution in [-0.2, 0) is 0 Å². The lowest BCUT2D eigenvalue weighted by atomic mass is 10.0. The number of fused-ring (bicyclic) bond motifs is 3. The van der Waals surface area contributed by atoms with Gasteiger partial charge in [0.1, 0.15) is 4.60 Å². The van der Waals surface area contributed by atoms with Crippen LogP contribution >= 0.6 is 27.3 Å². The van der Waals surface area contributed by atoms with E-state index in [-0.39, 0.29) is 0 Å². The largest absolute Gasteiger partial charge is 0.228 e. The van der Waals surface area contributed by atoms with Crippen molar-refractivity contribution in [2.45, 2.75) is 0 Å². The number of hydrogen-bond donors (Lipinski definition) is 0. The molecule has 0 N–H and O–H groups in total. The van der Waals surface area contributed by atoms with Crippen molar-refractivity contribution in [3.63, 3.8) is 0 Å². The molecule has 0 unspecified atom stereocenters. The van der Waals surface area contributed by atoms with Crippen LogP contribution in [0.4, 0.5) is 0 Å². The van der Waals surface area contributed by atoms with E-state index in [1.54, 1.807) is 0 Å². The van der Waals surface area contributed by atoms with Gasteiger partial charge in [0, 0.05) is 31.3 Å². The molecule has 3 aromatic carbocycles. The standard InChI is InChI=1S/C22H13BrN2S/c23-20-13-17(24-22(25-20)14-7-2-1-3-8-14)15-10-6-12-19-21(15)16-9-4-5-11-18(16)26-19/h1-13H. The third-order valence-electron chi connectivity index (χ3n) is 4.41. The van der Waals surface area contributed by atoms with Gasteiger partial charge in [-0.1, -0.05) is 60.7 Å². The van der Waals surface area contributed by atoms with Crippen LogP contribution in [0.1, 0.15) is 0 Å². The van der Waals surface area contributed by atoms with Crippen molar-refractivity contribution in [2.24, 2.45) is 0 Å². The zero-order chi connectivity index (χ0) is 17.5. The van der Waals surface area contributed by atoms with Crippen molar-refractivity contribution < 1.29 is 0 Å². The molecule has 0 atom stereocenters. The molecule has 0 saturated heterocycles. The van der Waals surface area contributed by atoms with E-state index in [4.69, 9.17) is 4.98 Å². The number of nitrogens with zero attached hydrogens (tertiary/aromatic N) is 2. The Hall–Kier alpha value is -2.56. The highest BCUT2D eigenvalue weighted by Gasteiger charge is 2.13. The molecular formula is C22H13BrN2S. The van der Waals surface area contributed by atoms with Gasteiger partial charge >= 0.3 is 0 Å². The Kier molecular flexibility index (Phi) is 3.80. The smallest absolute Gasteiger partial charge is 0.161 e. The van der Waals surface area contributed by atoms with Crippen LogP contribution in [0.15, 0.2) is 83.5 Å². The van der Waals surface area contributed by atoms with E-state index >= 15 is 0 Å². The molecule has 0 radical (unpaired) electrons. The molecule has 5 aromatic rings.